The van der Waals surface area contributed by atoms with E-state index in [9.17, 15) is 14.7 Å². The fourth-order valence-corrected chi connectivity index (χ4v) is 7.56. The number of amides is 1. The van der Waals surface area contributed by atoms with Gasteiger partial charge in [-0.05, 0) is 73.5 Å². The quantitative estimate of drug-likeness (QED) is 0.798. The van der Waals surface area contributed by atoms with Crippen molar-refractivity contribution in [2.75, 3.05) is 7.05 Å². The molecular formula is C20H31NO3. The third kappa shape index (κ3) is 1.97. The molecule has 7 atom stereocenters. The maximum absolute atomic E-state index is 12.2. The van der Waals surface area contributed by atoms with Crippen molar-refractivity contribution in [1.29, 1.82) is 0 Å². The zero-order chi connectivity index (χ0) is 17.3. The lowest BCUT2D eigenvalue weighted by Gasteiger charge is -2.61. The van der Waals surface area contributed by atoms with Crippen LogP contribution in [0.3, 0.4) is 0 Å². The van der Waals surface area contributed by atoms with Crippen molar-refractivity contribution >= 4 is 11.9 Å². The van der Waals surface area contributed by atoms with E-state index < -0.39 is 5.97 Å². The molecule has 4 nitrogen and oxygen atoms in total. The van der Waals surface area contributed by atoms with Gasteiger partial charge in [0.15, 0.2) is 0 Å². The minimum Gasteiger partial charge on any atom is -0.481 e. The third-order valence-electron chi connectivity index (χ3n) is 8.86. The number of piperidine rings is 1. The van der Waals surface area contributed by atoms with Crippen LogP contribution in [0.15, 0.2) is 0 Å². The van der Waals surface area contributed by atoms with Gasteiger partial charge in [-0.3, -0.25) is 9.59 Å². The molecule has 4 rings (SSSR count). The zero-order valence-corrected chi connectivity index (χ0v) is 15.3. The number of likely N-dealkylation sites (tertiary alicyclic amines) is 1. The van der Waals surface area contributed by atoms with Crippen LogP contribution in [0.2, 0.25) is 0 Å². The van der Waals surface area contributed by atoms with E-state index in [1.165, 1.54) is 6.42 Å². The van der Waals surface area contributed by atoms with Gasteiger partial charge in [0.1, 0.15) is 0 Å². The van der Waals surface area contributed by atoms with E-state index in [1.807, 2.05) is 11.9 Å². The molecule has 134 valence electrons. The van der Waals surface area contributed by atoms with Crippen LogP contribution >= 0.6 is 0 Å². The molecule has 3 aliphatic carbocycles. The highest BCUT2D eigenvalue weighted by molar-refractivity contribution is 5.77. The number of hydrogen-bond donors (Lipinski definition) is 1. The Labute approximate surface area is 145 Å². The molecule has 1 N–H and O–H groups in total. The summed E-state index contributed by atoms with van der Waals surface area (Å²) in [5.74, 6) is 1.47. The SMILES string of the molecule is CN1C(=O)CC[C@@]2(C)C1CC[C@@H]1[C@H]2CC[C@]2(C)C(C(=O)O)CC[C@@H]12. The fourth-order valence-electron chi connectivity index (χ4n) is 7.56. The van der Waals surface area contributed by atoms with Gasteiger partial charge in [0.2, 0.25) is 5.91 Å². The Hall–Kier alpha value is -1.06. The molecule has 24 heavy (non-hydrogen) atoms. The maximum Gasteiger partial charge on any atom is 0.307 e. The Kier molecular flexibility index (Phi) is 3.57. The predicted molar refractivity (Wildman–Crippen MR) is 91.3 cm³/mol. The van der Waals surface area contributed by atoms with Crippen molar-refractivity contribution in [2.45, 2.75) is 71.3 Å². The summed E-state index contributed by atoms with van der Waals surface area (Å²) in [6.45, 7) is 4.67. The summed E-state index contributed by atoms with van der Waals surface area (Å²) in [7, 11) is 1.99. The van der Waals surface area contributed by atoms with Crippen LogP contribution in [0.25, 0.3) is 0 Å². The summed E-state index contributed by atoms with van der Waals surface area (Å²) in [6, 6.07) is 0.390. The van der Waals surface area contributed by atoms with Crippen molar-refractivity contribution in [3.8, 4) is 0 Å². The normalized spacial score (nSPS) is 50.9. The summed E-state index contributed by atoms with van der Waals surface area (Å²) < 4.78 is 0. The van der Waals surface area contributed by atoms with Gasteiger partial charge >= 0.3 is 5.97 Å². The Morgan fingerprint density at radius 3 is 2.46 bits per heavy atom. The van der Waals surface area contributed by atoms with Crippen molar-refractivity contribution in [3.05, 3.63) is 0 Å². The van der Waals surface area contributed by atoms with Crippen LogP contribution in [0.4, 0.5) is 0 Å². The van der Waals surface area contributed by atoms with Crippen molar-refractivity contribution in [2.24, 2.45) is 34.5 Å². The first-order valence-corrected chi connectivity index (χ1v) is 9.77. The van der Waals surface area contributed by atoms with Gasteiger partial charge in [-0.1, -0.05) is 13.8 Å². The van der Waals surface area contributed by atoms with E-state index in [1.54, 1.807) is 0 Å². The Morgan fingerprint density at radius 2 is 1.75 bits per heavy atom. The lowest BCUT2D eigenvalue weighted by Crippen LogP contribution is -2.61. The van der Waals surface area contributed by atoms with Gasteiger partial charge in [0.05, 0.1) is 5.92 Å². The molecule has 2 unspecified atom stereocenters. The fraction of sp³-hybridized carbons (Fsp3) is 0.900. The molecule has 0 aromatic carbocycles. The van der Waals surface area contributed by atoms with E-state index in [0.29, 0.717) is 36.1 Å². The number of carbonyl (C=O) groups is 2. The van der Waals surface area contributed by atoms with E-state index in [0.717, 1.165) is 38.5 Å². The average Bonchev–Trinajstić information content (AvgIpc) is 2.89. The maximum atomic E-state index is 12.2. The van der Waals surface area contributed by atoms with Gasteiger partial charge in [-0.2, -0.15) is 0 Å². The molecule has 1 aliphatic heterocycles. The zero-order valence-electron chi connectivity index (χ0n) is 15.3. The Bertz CT molecular complexity index is 575. The molecule has 0 spiro atoms. The monoisotopic (exact) mass is 333 g/mol. The van der Waals surface area contributed by atoms with Gasteiger partial charge < -0.3 is 10.0 Å². The first-order chi connectivity index (χ1) is 11.3. The summed E-state index contributed by atoms with van der Waals surface area (Å²) >= 11 is 0. The number of rotatable bonds is 1. The largest absolute Gasteiger partial charge is 0.481 e. The van der Waals surface area contributed by atoms with Crippen LogP contribution in [0.5, 0.6) is 0 Å². The Morgan fingerprint density at radius 1 is 1.04 bits per heavy atom. The summed E-state index contributed by atoms with van der Waals surface area (Å²) in [5, 5.41) is 9.67. The van der Waals surface area contributed by atoms with Gasteiger partial charge in [0, 0.05) is 19.5 Å². The van der Waals surface area contributed by atoms with Crippen LogP contribution in [-0.2, 0) is 9.59 Å². The predicted octanol–water partition coefficient (Wildman–Crippen LogP) is 3.55. The molecule has 0 aromatic heterocycles. The summed E-state index contributed by atoms with van der Waals surface area (Å²) in [4.78, 5) is 25.9. The van der Waals surface area contributed by atoms with E-state index in [4.69, 9.17) is 0 Å². The molecule has 0 bridgehead atoms. The van der Waals surface area contributed by atoms with Crippen molar-refractivity contribution in [1.82, 2.24) is 4.90 Å². The minimum atomic E-state index is -0.582. The lowest BCUT2D eigenvalue weighted by atomic mass is 9.47. The number of carboxylic acid groups (broad SMARTS) is 1. The number of hydrogen-bond acceptors (Lipinski definition) is 2. The van der Waals surface area contributed by atoms with E-state index >= 15 is 0 Å². The highest BCUT2D eigenvalue weighted by Gasteiger charge is 2.62. The second-order valence-corrected chi connectivity index (χ2v) is 9.49. The molecule has 3 saturated carbocycles. The minimum absolute atomic E-state index is 0.00736. The first-order valence-electron chi connectivity index (χ1n) is 9.77. The van der Waals surface area contributed by atoms with Crippen LogP contribution in [0.1, 0.15) is 65.2 Å². The molecule has 0 aromatic rings. The summed E-state index contributed by atoms with van der Waals surface area (Å²) in [6.07, 6.45) is 8.13. The molecule has 4 fully saturated rings. The Balaban J connectivity index is 1.64. The molecule has 4 heteroatoms. The molecule has 0 radical (unpaired) electrons. The molecule has 1 heterocycles. The second-order valence-electron chi connectivity index (χ2n) is 9.49. The number of carboxylic acids is 1. The summed E-state index contributed by atoms with van der Waals surface area (Å²) in [5.41, 5.74) is 0.223. The topological polar surface area (TPSA) is 57.6 Å². The number of aliphatic carboxylic acids is 1. The van der Waals surface area contributed by atoms with E-state index in [2.05, 4.69) is 13.8 Å². The van der Waals surface area contributed by atoms with Crippen molar-refractivity contribution in [3.63, 3.8) is 0 Å². The lowest BCUT2D eigenvalue weighted by molar-refractivity contribution is -0.163. The van der Waals surface area contributed by atoms with Crippen molar-refractivity contribution < 1.29 is 14.7 Å². The standard InChI is InChI=1S/C20H31NO3/c1-19-10-8-14-12(13(19)5-6-15(19)18(23)24)4-7-16-20(14,2)11-9-17(22)21(16)3/h12-16H,4-11H2,1-3H3,(H,23,24)/t12-,13-,14+,15?,16?,19-,20+/m0/s1. The molecule has 4 aliphatic rings. The molecule has 1 amide bonds. The molecular weight excluding hydrogens is 302 g/mol. The van der Waals surface area contributed by atoms with Crippen LogP contribution < -0.4 is 0 Å². The second kappa shape index (κ2) is 5.22. The van der Waals surface area contributed by atoms with Gasteiger partial charge in [0.25, 0.3) is 0 Å². The van der Waals surface area contributed by atoms with Crippen LogP contribution in [0, 0.1) is 34.5 Å². The van der Waals surface area contributed by atoms with Crippen LogP contribution in [-0.4, -0.2) is 35.0 Å². The number of fused-ring (bicyclic) bond motifs is 5. The molecule has 1 saturated heterocycles. The highest BCUT2D eigenvalue weighted by atomic mass is 16.4. The van der Waals surface area contributed by atoms with E-state index in [-0.39, 0.29) is 16.7 Å². The third-order valence-corrected chi connectivity index (χ3v) is 8.86. The number of carbonyl (C=O) groups excluding carboxylic acids is 1. The van der Waals surface area contributed by atoms with Gasteiger partial charge in [-0.15, -0.1) is 0 Å². The smallest absolute Gasteiger partial charge is 0.307 e. The number of nitrogens with zero attached hydrogens (tertiary/aromatic N) is 1. The van der Waals surface area contributed by atoms with Gasteiger partial charge in [-0.25, -0.2) is 0 Å². The average molecular weight is 333 g/mol. The highest BCUT2D eigenvalue weighted by Crippen LogP contribution is 2.66. The first kappa shape index (κ1) is 16.4.